The number of imidazole rings is 1. The van der Waals surface area contributed by atoms with E-state index >= 15 is 0 Å². The maximum absolute atomic E-state index is 11.4. The lowest BCUT2D eigenvalue weighted by molar-refractivity contribution is -0.116. The first-order valence-electron chi connectivity index (χ1n) is 5.03. The highest BCUT2D eigenvalue weighted by molar-refractivity contribution is 5.91. The van der Waals surface area contributed by atoms with Gasteiger partial charge >= 0.3 is 0 Å². The van der Waals surface area contributed by atoms with E-state index in [2.05, 4.69) is 25.3 Å². The fourth-order valence-electron chi connectivity index (χ4n) is 1.19. The molecule has 86 valence electrons. The van der Waals surface area contributed by atoms with E-state index in [4.69, 9.17) is 0 Å². The fourth-order valence-corrected chi connectivity index (χ4v) is 1.19. The molecular formula is C11H11N5O. The molecule has 17 heavy (non-hydrogen) atoms. The molecule has 0 aliphatic heterocycles. The third kappa shape index (κ3) is 3.53. The van der Waals surface area contributed by atoms with Crippen LogP contribution in [0.1, 0.15) is 11.3 Å². The van der Waals surface area contributed by atoms with Gasteiger partial charge in [-0.1, -0.05) is 0 Å². The molecule has 2 aromatic heterocycles. The number of aromatic amines is 1. The minimum absolute atomic E-state index is 0.177. The van der Waals surface area contributed by atoms with Gasteiger partial charge in [0.15, 0.2) is 0 Å². The van der Waals surface area contributed by atoms with Gasteiger partial charge in [-0.2, -0.15) is 0 Å². The molecular weight excluding hydrogens is 218 g/mol. The predicted octanol–water partition coefficient (Wildman–Crippen LogP) is 0.529. The van der Waals surface area contributed by atoms with E-state index in [0.717, 1.165) is 11.3 Å². The Labute approximate surface area is 97.8 Å². The summed E-state index contributed by atoms with van der Waals surface area (Å²) < 4.78 is 0. The van der Waals surface area contributed by atoms with Crippen molar-refractivity contribution in [3.05, 3.63) is 48.6 Å². The molecule has 1 amide bonds. The average Bonchev–Trinajstić information content (AvgIpc) is 2.88. The van der Waals surface area contributed by atoms with Gasteiger partial charge in [-0.3, -0.25) is 4.79 Å². The first-order valence-corrected chi connectivity index (χ1v) is 5.03. The van der Waals surface area contributed by atoms with E-state index in [9.17, 15) is 4.79 Å². The Kier molecular flexibility index (Phi) is 3.59. The number of nitrogens with one attached hydrogen (secondary N) is 2. The average molecular weight is 229 g/mol. The molecule has 2 rings (SSSR count). The molecule has 0 aliphatic carbocycles. The quantitative estimate of drug-likeness (QED) is 0.749. The van der Waals surface area contributed by atoms with Crippen LogP contribution in [0.3, 0.4) is 0 Å². The van der Waals surface area contributed by atoms with E-state index in [-0.39, 0.29) is 5.91 Å². The van der Waals surface area contributed by atoms with Crippen molar-refractivity contribution in [2.75, 3.05) is 0 Å². The van der Waals surface area contributed by atoms with Crippen LogP contribution in [0.4, 0.5) is 0 Å². The maximum Gasteiger partial charge on any atom is 0.244 e. The lowest BCUT2D eigenvalue weighted by atomic mass is 10.3. The summed E-state index contributed by atoms with van der Waals surface area (Å²) in [5.74, 6) is -0.177. The zero-order chi connectivity index (χ0) is 11.9. The largest absolute Gasteiger partial charge is 0.348 e. The standard InChI is InChI=1S/C11H11N5O/c17-11(2-1-10-6-14-8-16-10)15-5-9-3-12-7-13-4-9/h1-4,6-8H,5H2,(H,14,16)(H,15,17). The first kappa shape index (κ1) is 11.0. The monoisotopic (exact) mass is 229 g/mol. The van der Waals surface area contributed by atoms with Gasteiger partial charge in [-0.15, -0.1) is 0 Å². The van der Waals surface area contributed by atoms with Crippen LogP contribution in [0.5, 0.6) is 0 Å². The molecule has 0 aromatic carbocycles. The molecule has 0 spiro atoms. The van der Waals surface area contributed by atoms with Crippen LogP contribution in [0.15, 0.2) is 37.3 Å². The molecule has 0 aliphatic rings. The van der Waals surface area contributed by atoms with E-state index in [1.54, 1.807) is 31.0 Å². The van der Waals surface area contributed by atoms with Gasteiger partial charge < -0.3 is 10.3 Å². The maximum atomic E-state index is 11.4. The highest BCUT2D eigenvalue weighted by Gasteiger charge is 1.97. The summed E-state index contributed by atoms with van der Waals surface area (Å²) in [4.78, 5) is 25.9. The molecule has 6 nitrogen and oxygen atoms in total. The minimum atomic E-state index is -0.177. The van der Waals surface area contributed by atoms with Crippen molar-refractivity contribution in [1.82, 2.24) is 25.3 Å². The van der Waals surface area contributed by atoms with E-state index in [0.29, 0.717) is 6.54 Å². The number of rotatable bonds is 4. The summed E-state index contributed by atoms with van der Waals surface area (Å²) in [5, 5.41) is 2.72. The summed E-state index contributed by atoms with van der Waals surface area (Å²) in [6, 6.07) is 0. The van der Waals surface area contributed by atoms with Crippen molar-refractivity contribution in [3.63, 3.8) is 0 Å². The van der Waals surface area contributed by atoms with Crippen LogP contribution in [0.2, 0.25) is 0 Å². The second-order valence-electron chi connectivity index (χ2n) is 3.30. The number of amides is 1. The second-order valence-corrected chi connectivity index (χ2v) is 3.30. The van der Waals surface area contributed by atoms with Gasteiger partial charge in [0.1, 0.15) is 6.33 Å². The Hall–Kier alpha value is -2.50. The number of hydrogen-bond acceptors (Lipinski definition) is 4. The molecule has 2 heterocycles. The number of hydrogen-bond donors (Lipinski definition) is 2. The van der Waals surface area contributed by atoms with Crippen LogP contribution in [-0.4, -0.2) is 25.8 Å². The van der Waals surface area contributed by atoms with E-state index < -0.39 is 0 Å². The molecule has 0 saturated heterocycles. The Morgan fingerprint density at radius 3 is 2.82 bits per heavy atom. The van der Waals surface area contributed by atoms with Crippen LogP contribution in [-0.2, 0) is 11.3 Å². The van der Waals surface area contributed by atoms with E-state index in [1.807, 2.05) is 0 Å². The number of aromatic nitrogens is 4. The summed E-state index contributed by atoms with van der Waals surface area (Å²) in [6.45, 7) is 0.410. The lowest BCUT2D eigenvalue weighted by Gasteiger charge is -2.00. The van der Waals surface area contributed by atoms with Crippen LogP contribution in [0, 0.1) is 0 Å². The van der Waals surface area contributed by atoms with E-state index in [1.165, 1.54) is 12.4 Å². The van der Waals surface area contributed by atoms with Gasteiger partial charge in [0.2, 0.25) is 5.91 Å². The topological polar surface area (TPSA) is 83.6 Å². The molecule has 0 radical (unpaired) electrons. The molecule has 0 fully saturated rings. The number of H-pyrrole nitrogens is 1. The zero-order valence-electron chi connectivity index (χ0n) is 9.00. The van der Waals surface area contributed by atoms with Crippen LogP contribution >= 0.6 is 0 Å². The number of carbonyl (C=O) groups is 1. The molecule has 6 heteroatoms. The Bertz CT molecular complexity index is 492. The minimum Gasteiger partial charge on any atom is -0.348 e. The lowest BCUT2D eigenvalue weighted by Crippen LogP contribution is -2.20. The summed E-state index contributed by atoms with van der Waals surface area (Å²) in [5.41, 5.74) is 1.64. The molecule has 0 unspecified atom stereocenters. The Balaban J connectivity index is 1.82. The van der Waals surface area contributed by atoms with Gasteiger partial charge in [0, 0.05) is 30.6 Å². The summed E-state index contributed by atoms with van der Waals surface area (Å²) in [6.07, 6.45) is 11.1. The van der Waals surface area contributed by atoms with Crippen LogP contribution < -0.4 is 5.32 Å². The van der Waals surface area contributed by atoms with Crippen molar-refractivity contribution in [3.8, 4) is 0 Å². The van der Waals surface area contributed by atoms with Crippen molar-refractivity contribution < 1.29 is 4.79 Å². The third-order valence-electron chi connectivity index (χ3n) is 2.01. The van der Waals surface area contributed by atoms with Crippen LogP contribution in [0.25, 0.3) is 6.08 Å². The molecule has 0 atom stereocenters. The molecule has 2 aromatic rings. The van der Waals surface area contributed by atoms with Gasteiger partial charge in [0.05, 0.1) is 18.2 Å². The predicted molar refractivity (Wildman–Crippen MR) is 61.5 cm³/mol. The summed E-state index contributed by atoms with van der Waals surface area (Å²) >= 11 is 0. The molecule has 0 saturated carbocycles. The van der Waals surface area contributed by atoms with Crippen molar-refractivity contribution in [2.45, 2.75) is 6.54 Å². The normalized spacial score (nSPS) is 10.6. The van der Waals surface area contributed by atoms with Crippen molar-refractivity contribution in [1.29, 1.82) is 0 Å². The van der Waals surface area contributed by atoms with Crippen molar-refractivity contribution in [2.24, 2.45) is 0 Å². The highest BCUT2D eigenvalue weighted by Crippen LogP contribution is 1.95. The zero-order valence-corrected chi connectivity index (χ0v) is 9.00. The molecule has 2 N–H and O–H groups in total. The number of carbonyl (C=O) groups excluding carboxylic acids is 1. The first-order chi connectivity index (χ1) is 8.34. The SMILES string of the molecule is O=C(C=Cc1cnc[nH]1)NCc1cncnc1. The third-order valence-corrected chi connectivity index (χ3v) is 2.01. The van der Waals surface area contributed by atoms with Gasteiger partial charge in [-0.25, -0.2) is 15.0 Å². The highest BCUT2D eigenvalue weighted by atomic mass is 16.1. The second kappa shape index (κ2) is 5.55. The van der Waals surface area contributed by atoms with Gasteiger partial charge in [-0.05, 0) is 6.08 Å². The van der Waals surface area contributed by atoms with Gasteiger partial charge in [0.25, 0.3) is 0 Å². The van der Waals surface area contributed by atoms with Crippen molar-refractivity contribution >= 4 is 12.0 Å². The summed E-state index contributed by atoms with van der Waals surface area (Å²) in [7, 11) is 0. The molecule has 0 bridgehead atoms. The smallest absolute Gasteiger partial charge is 0.244 e. The number of nitrogens with zero attached hydrogens (tertiary/aromatic N) is 3. The Morgan fingerprint density at radius 2 is 2.12 bits per heavy atom. The Morgan fingerprint density at radius 1 is 1.29 bits per heavy atom. The fraction of sp³-hybridized carbons (Fsp3) is 0.0909.